The highest BCUT2D eigenvalue weighted by Crippen LogP contribution is 2.45. The van der Waals surface area contributed by atoms with Gasteiger partial charge in [0.05, 0.1) is 19.8 Å². The highest BCUT2D eigenvalue weighted by atomic mass is 35.5. The van der Waals surface area contributed by atoms with Gasteiger partial charge in [-0.2, -0.15) is 0 Å². The van der Waals surface area contributed by atoms with Crippen molar-refractivity contribution >= 4 is 46.6 Å². The van der Waals surface area contributed by atoms with E-state index in [-0.39, 0.29) is 21.5 Å². The predicted octanol–water partition coefficient (Wildman–Crippen LogP) is 5.52. The minimum atomic E-state index is -0.0758. The lowest BCUT2D eigenvalue weighted by atomic mass is 10.2. The summed E-state index contributed by atoms with van der Waals surface area (Å²) in [4.78, 5) is 0.980. The fraction of sp³-hybridized carbons (Fsp3) is 0.0769. The SMILES string of the molecule is Cc1cc(Cl)c(O)c(Sc2cc(Cl)cc(Cl)c2O)c1. The molecule has 2 aromatic carbocycles. The molecular weight excluding hydrogens is 327 g/mol. The molecule has 0 unspecified atom stereocenters. The Morgan fingerprint density at radius 2 is 1.37 bits per heavy atom. The topological polar surface area (TPSA) is 40.5 Å². The first-order valence-electron chi connectivity index (χ1n) is 5.23. The van der Waals surface area contributed by atoms with Crippen molar-refractivity contribution in [2.45, 2.75) is 16.7 Å². The fourth-order valence-electron chi connectivity index (χ4n) is 1.52. The molecule has 6 heteroatoms. The van der Waals surface area contributed by atoms with Crippen molar-refractivity contribution in [3.05, 3.63) is 44.9 Å². The summed E-state index contributed by atoms with van der Waals surface area (Å²) >= 11 is 18.8. The second kappa shape index (κ2) is 5.71. The van der Waals surface area contributed by atoms with Crippen LogP contribution in [-0.2, 0) is 0 Å². The van der Waals surface area contributed by atoms with E-state index >= 15 is 0 Å². The van der Waals surface area contributed by atoms with Gasteiger partial charge >= 0.3 is 0 Å². The summed E-state index contributed by atoms with van der Waals surface area (Å²) in [7, 11) is 0. The van der Waals surface area contributed by atoms with Crippen molar-refractivity contribution < 1.29 is 10.2 Å². The second-order valence-electron chi connectivity index (χ2n) is 3.93. The Bertz CT molecular complexity index is 589. The molecule has 2 N–H and O–H groups in total. The smallest absolute Gasteiger partial charge is 0.148 e. The van der Waals surface area contributed by atoms with Crippen LogP contribution in [0.5, 0.6) is 11.5 Å². The summed E-state index contributed by atoms with van der Waals surface area (Å²) < 4.78 is 0. The monoisotopic (exact) mass is 334 g/mol. The van der Waals surface area contributed by atoms with E-state index in [1.165, 1.54) is 6.07 Å². The Morgan fingerprint density at radius 1 is 0.842 bits per heavy atom. The van der Waals surface area contributed by atoms with E-state index in [0.29, 0.717) is 14.8 Å². The number of halogens is 3. The summed E-state index contributed by atoms with van der Waals surface area (Å²) in [6, 6.07) is 6.45. The van der Waals surface area contributed by atoms with Crippen LogP contribution in [0.3, 0.4) is 0 Å². The number of hydrogen-bond donors (Lipinski definition) is 2. The molecule has 0 atom stereocenters. The summed E-state index contributed by atoms with van der Waals surface area (Å²) in [6.07, 6.45) is 0. The number of phenols is 2. The lowest BCUT2D eigenvalue weighted by Gasteiger charge is -2.10. The third-order valence-corrected chi connectivity index (χ3v) is 4.24. The molecule has 0 aliphatic rings. The van der Waals surface area contributed by atoms with Crippen molar-refractivity contribution in [2.75, 3.05) is 0 Å². The molecule has 0 heterocycles. The zero-order valence-corrected chi connectivity index (χ0v) is 12.8. The number of aryl methyl sites for hydroxylation is 1. The predicted molar refractivity (Wildman–Crippen MR) is 80.1 cm³/mol. The van der Waals surface area contributed by atoms with Crippen LogP contribution in [0.15, 0.2) is 34.1 Å². The third kappa shape index (κ3) is 3.23. The van der Waals surface area contributed by atoms with Crippen LogP contribution in [0.2, 0.25) is 15.1 Å². The average Bonchev–Trinajstić information content (AvgIpc) is 2.31. The Balaban J connectivity index is 2.47. The normalized spacial score (nSPS) is 10.7. The van der Waals surface area contributed by atoms with E-state index in [1.807, 2.05) is 6.92 Å². The molecule has 0 radical (unpaired) electrons. The van der Waals surface area contributed by atoms with Gasteiger partial charge in [-0.05, 0) is 36.8 Å². The lowest BCUT2D eigenvalue weighted by Crippen LogP contribution is -1.82. The summed E-state index contributed by atoms with van der Waals surface area (Å²) in [6.45, 7) is 1.86. The van der Waals surface area contributed by atoms with Crippen LogP contribution in [0.4, 0.5) is 0 Å². The van der Waals surface area contributed by atoms with Crippen molar-refractivity contribution in [3.8, 4) is 11.5 Å². The number of benzene rings is 2. The standard InChI is InChI=1S/C13H9Cl3O2S/c1-6-2-8(15)12(17)10(3-6)19-11-5-7(14)4-9(16)13(11)18/h2-5,17-18H,1H3. The van der Waals surface area contributed by atoms with E-state index in [0.717, 1.165) is 17.3 Å². The maximum atomic E-state index is 9.91. The zero-order valence-electron chi connectivity index (χ0n) is 9.75. The van der Waals surface area contributed by atoms with Gasteiger partial charge in [0.2, 0.25) is 0 Å². The van der Waals surface area contributed by atoms with Crippen LogP contribution in [0, 0.1) is 6.92 Å². The molecule has 0 saturated heterocycles. The van der Waals surface area contributed by atoms with Crippen molar-refractivity contribution in [3.63, 3.8) is 0 Å². The molecule has 0 aromatic heterocycles. The Labute approximate surface area is 129 Å². The highest BCUT2D eigenvalue weighted by molar-refractivity contribution is 7.99. The van der Waals surface area contributed by atoms with E-state index in [1.54, 1.807) is 18.2 Å². The maximum Gasteiger partial charge on any atom is 0.148 e. The number of hydrogen-bond acceptors (Lipinski definition) is 3. The molecule has 0 amide bonds. The van der Waals surface area contributed by atoms with E-state index in [4.69, 9.17) is 34.8 Å². The Kier molecular flexibility index (Phi) is 4.41. The summed E-state index contributed by atoms with van der Waals surface area (Å²) in [5, 5.41) is 20.6. The largest absolute Gasteiger partial charge is 0.505 e. The molecule has 0 aliphatic carbocycles. The fourth-order valence-corrected chi connectivity index (χ4v) is 3.54. The van der Waals surface area contributed by atoms with Gasteiger partial charge in [-0.1, -0.05) is 46.6 Å². The van der Waals surface area contributed by atoms with Gasteiger partial charge in [0, 0.05) is 5.02 Å². The minimum Gasteiger partial charge on any atom is -0.505 e. The maximum absolute atomic E-state index is 9.91. The van der Waals surface area contributed by atoms with Crippen molar-refractivity contribution in [1.82, 2.24) is 0 Å². The van der Waals surface area contributed by atoms with Gasteiger partial charge in [-0.25, -0.2) is 0 Å². The quantitative estimate of drug-likeness (QED) is 0.759. The van der Waals surface area contributed by atoms with Crippen molar-refractivity contribution in [2.24, 2.45) is 0 Å². The average molecular weight is 336 g/mol. The van der Waals surface area contributed by atoms with Gasteiger partial charge < -0.3 is 10.2 Å². The van der Waals surface area contributed by atoms with Gasteiger partial charge in [0.1, 0.15) is 11.5 Å². The minimum absolute atomic E-state index is 0.0345. The van der Waals surface area contributed by atoms with Gasteiger partial charge in [0.25, 0.3) is 0 Å². The third-order valence-electron chi connectivity index (χ3n) is 2.39. The van der Waals surface area contributed by atoms with Crippen LogP contribution in [0.25, 0.3) is 0 Å². The highest BCUT2D eigenvalue weighted by Gasteiger charge is 2.14. The zero-order chi connectivity index (χ0) is 14.2. The van der Waals surface area contributed by atoms with E-state index in [2.05, 4.69) is 0 Å². The molecule has 2 aromatic rings. The summed E-state index contributed by atoms with van der Waals surface area (Å²) in [5.74, 6) is -0.110. The molecule has 0 aliphatic heterocycles. The van der Waals surface area contributed by atoms with Gasteiger partial charge in [0.15, 0.2) is 0 Å². The number of phenolic OH excluding ortho intramolecular Hbond substituents is 2. The molecular formula is C13H9Cl3O2S. The summed E-state index contributed by atoms with van der Waals surface area (Å²) in [5.41, 5.74) is 0.901. The molecule has 0 saturated carbocycles. The lowest BCUT2D eigenvalue weighted by molar-refractivity contribution is 0.460. The van der Waals surface area contributed by atoms with Crippen LogP contribution in [0.1, 0.15) is 5.56 Å². The van der Waals surface area contributed by atoms with Gasteiger partial charge in [-0.15, -0.1) is 0 Å². The van der Waals surface area contributed by atoms with Crippen LogP contribution in [-0.4, -0.2) is 10.2 Å². The molecule has 100 valence electrons. The van der Waals surface area contributed by atoms with E-state index < -0.39 is 0 Å². The van der Waals surface area contributed by atoms with Crippen LogP contribution < -0.4 is 0 Å². The number of rotatable bonds is 2. The van der Waals surface area contributed by atoms with Crippen LogP contribution >= 0.6 is 46.6 Å². The first kappa shape index (κ1) is 14.7. The molecule has 2 rings (SSSR count). The molecule has 19 heavy (non-hydrogen) atoms. The molecule has 2 nitrogen and oxygen atoms in total. The molecule has 0 spiro atoms. The second-order valence-corrected chi connectivity index (χ2v) is 6.26. The Morgan fingerprint density at radius 3 is 2.00 bits per heavy atom. The first-order valence-corrected chi connectivity index (χ1v) is 7.18. The molecule has 0 fully saturated rings. The van der Waals surface area contributed by atoms with Gasteiger partial charge in [-0.3, -0.25) is 0 Å². The Hall–Kier alpha value is -0.740. The number of aromatic hydroxyl groups is 2. The van der Waals surface area contributed by atoms with Crippen molar-refractivity contribution in [1.29, 1.82) is 0 Å². The molecule has 0 bridgehead atoms. The van der Waals surface area contributed by atoms with E-state index in [9.17, 15) is 10.2 Å². The first-order chi connectivity index (χ1) is 8.88.